The quantitative estimate of drug-likeness (QED) is 0.771. The van der Waals surface area contributed by atoms with Crippen molar-refractivity contribution in [2.45, 2.75) is 57.9 Å². The van der Waals surface area contributed by atoms with Crippen molar-refractivity contribution < 1.29 is 9.59 Å². The van der Waals surface area contributed by atoms with Crippen LogP contribution in [0, 0.1) is 0 Å². The average Bonchev–Trinajstić information content (AvgIpc) is 2.83. The van der Waals surface area contributed by atoms with E-state index in [4.69, 9.17) is 4.99 Å². The van der Waals surface area contributed by atoms with Crippen LogP contribution in [0.3, 0.4) is 0 Å². The normalized spacial score (nSPS) is 20.3. The lowest BCUT2D eigenvalue weighted by atomic mass is 9.87. The summed E-state index contributed by atoms with van der Waals surface area (Å²) in [6.45, 7) is 6.82. The summed E-state index contributed by atoms with van der Waals surface area (Å²) < 4.78 is 0. The predicted molar refractivity (Wildman–Crippen MR) is 91.4 cm³/mol. The summed E-state index contributed by atoms with van der Waals surface area (Å²) >= 11 is 0. The van der Waals surface area contributed by atoms with E-state index in [1.807, 2.05) is 23.8 Å². The summed E-state index contributed by atoms with van der Waals surface area (Å²) in [7, 11) is 1.85. The number of nitrogens with zero attached hydrogens (tertiary/aromatic N) is 3. The number of carbonyl (C=O) groups is 2. The summed E-state index contributed by atoms with van der Waals surface area (Å²) in [4.78, 5) is 33.5. The zero-order valence-electron chi connectivity index (χ0n) is 14.7. The highest BCUT2D eigenvalue weighted by Crippen LogP contribution is 2.34. The fourth-order valence-electron chi connectivity index (χ4n) is 3.42. The number of rotatable bonds is 7. The number of unbranched alkanes of at least 4 members (excludes halogenated alkanes) is 1. The molecule has 1 fully saturated rings. The molecule has 2 heterocycles. The molecule has 2 amide bonds. The number of nitrogens with one attached hydrogen (secondary N) is 1. The van der Waals surface area contributed by atoms with Crippen LogP contribution in [0.4, 0.5) is 0 Å². The summed E-state index contributed by atoms with van der Waals surface area (Å²) in [5.41, 5.74) is -0.598. The summed E-state index contributed by atoms with van der Waals surface area (Å²) in [5.74, 6) is 1.27. The zero-order valence-corrected chi connectivity index (χ0v) is 14.7. The number of carbonyl (C=O) groups excluding carboxylic acids is 2. The number of piperidine rings is 1. The molecule has 2 rings (SSSR count). The minimum absolute atomic E-state index is 0.147. The molecule has 1 saturated heterocycles. The number of amides is 2. The molecule has 2 aliphatic rings. The first-order chi connectivity index (χ1) is 11.1. The molecular weight excluding hydrogens is 292 g/mol. The van der Waals surface area contributed by atoms with E-state index in [-0.39, 0.29) is 11.8 Å². The summed E-state index contributed by atoms with van der Waals surface area (Å²) in [6.07, 6.45) is 4.87. The Morgan fingerprint density at radius 1 is 1.30 bits per heavy atom. The van der Waals surface area contributed by atoms with Crippen LogP contribution in [0.25, 0.3) is 0 Å². The van der Waals surface area contributed by atoms with Crippen LogP contribution < -0.4 is 5.32 Å². The topological polar surface area (TPSA) is 65.0 Å². The number of amidine groups is 1. The van der Waals surface area contributed by atoms with Gasteiger partial charge in [0.25, 0.3) is 5.91 Å². The summed E-state index contributed by atoms with van der Waals surface area (Å²) in [6, 6.07) is 0. The monoisotopic (exact) mass is 322 g/mol. The second-order valence-electron chi connectivity index (χ2n) is 6.45. The molecule has 0 aromatic rings. The van der Waals surface area contributed by atoms with E-state index in [1.165, 1.54) is 0 Å². The first-order valence-electron chi connectivity index (χ1n) is 8.91. The predicted octanol–water partition coefficient (Wildman–Crippen LogP) is 1.41. The van der Waals surface area contributed by atoms with Crippen LogP contribution in [0.15, 0.2) is 4.99 Å². The molecule has 0 radical (unpaired) electrons. The molecule has 1 N–H and O–H groups in total. The number of hydrogen-bond donors (Lipinski definition) is 1. The molecule has 0 unspecified atom stereocenters. The molecule has 0 aromatic carbocycles. The van der Waals surface area contributed by atoms with E-state index in [2.05, 4.69) is 12.2 Å². The third-order valence-corrected chi connectivity index (χ3v) is 4.90. The van der Waals surface area contributed by atoms with Gasteiger partial charge in [0.1, 0.15) is 11.4 Å². The van der Waals surface area contributed by atoms with E-state index < -0.39 is 5.54 Å². The Morgan fingerprint density at radius 2 is 2.00 bits per heavy atom. The highest BCUT2D eigenvalue weighted by molar-refractivity contribution is 6.08. The van der Waals surface area contributed by atoms with Crippen molar-refractivity contribution in [3.05, 3.63) is 0 Å². The molecule has 1 spiro atoms. The third kappa shape index (κ3) is 3.74. The number of likely N-dealkylation sites (tertiary alicyclic amines) is 1. The van der Waals surface area contributed by atoms with Crippen molar-refractivity contribution in [3.63, 3.8) is 0 Å². The molecule has 0 aliphatic carbocycles. The minimum Gasteiger partial charge on any atom is -0.342 e. The van der Waals surface area contributed by atoms with Gasteiger partial charge in [-0.25, -0.2) is 0 Å². The van der Waals surface area contributed by atoms with Gasteiger partial charge < -0.3 is 10.2 Å². The second-order valence-corrected chi connectivity index (χ2v) is 6.45. The van der Waals surface area contributed by atoms with Crippen molar-refractivity contribution in [2.24, 2.45) is 4.99 Å². The maximum Gasteiger partial charge on any atom is 0.255 e. The van der Waals surface area contributed by atoms with Crippen molar-refractivity contribution in [1.29, 1.82) is 0 Å². The summed E-state index contributed by atoms with van der Waals surface area (Å²) in [5, 5.41) is 3.00. The van der Waals surface area contributed by atoms with Crippen LogP contribution >= 0.6 is 0 Å². The average molecular weight is 322 g/mol. The van der Waals surface area contributed by atoms with Gasteiger partial charge in [0, 0.05) is 39.0 Å². The van der Waals surface area contributed by atoms with Crippen molar-refractivity contribution >= 4 is 17.6 Å². The second kappa shape index (κ2) is 7.90. The van der Waals surface area contributed by atoms with Gasteiger partial charge in [-0.1, -0.05) is 13.3 Å². The Labute approximate surface area is 139 Å². The Kier molecular flexibility index (Phi) is 6.16. The Morgan fingerprint density at radius 3 is 2.57 bits per heavy atom. The number of likely N-dealkylation sites (N-methyl/N-ethyl adjacent to an activating group) is 1. The SMILES string of the molecule is CCCCC1=NC2(CCN(C(=O)CCNC)CC2)C(=O)N1CC. The molecule has 0 atom stereocenters. The molecule has 6 heteroatoms. The molecule has 0 saturated carbocycles. The number of aliphatic imine (C=N–C) groups is 1. The molecule has 23 heavy (non-hydrogen) atoms. The molecule has 130 valence electrons. The first kappa shape index (κ1) is 17.9. The van der Waals surface area contributed by atoms with Crippen LogP contribution in [0.2, 0.25) is 0 Å². The maximum absolute atomic E-state index is 12.8. The fourth-order valence-corrected chi connectivity index (χ4v) is 3.42. The van der Waals surface area contributed by atoms with Gasteiger partial charge in [0.05, 0.1) is 0 Å². The first-order valence-corrected chi connectivity index (χ1v) is 8.91. The van der Waals surface area contributed by atoms with E-state index in [1.54, 1.807) is 0 Å². The van der Waals surface area contributed by atoms with E-state index in [0.29, 0.717) is 45.4 Å². The fraction of sp³-hybridized carbons (Fsp3) is 0.824. The van der Waals surface area contributed by atoms with Gasteiger partial charge in [-0.15, -0.1) is 0 Å². The van der Waals surface area contributed by atoms with E-state index in [9.17, 15) is 9.59 Å². The van der Waals surface area contributed by atoms with Crippen molar-refractivity contribution in [1.82, 2.24) is 15.1 Å². The zero-order chi connectivity index (χ0) is 16.9. The third-order valence-electron chi connectivity index (χ3n) is 4.90. The molecular formula is C17H30N4O2. The van der Waals surface area contributed by atoms with E-state index >= 15 is 0 Å². The van der Waals surface area contributed by atoms with Gasteiger partial charge in [-0.3, -0.25) is 19.5 Å². The van der Waals surface area contributed by atoms with Crippen LogP contribution in [-0.4, -0.2) is 66.2 Å². The molecule has 0 bridgehead atoms. The van der Waals surface area contributed by atoms with Crippen LogP contribution in [0.1, 0.15) is 52.4 Å². The van der Waals surface area contributed by atoms with E-state index in [0.717, 1.165) is 25.1 Å². The van der Waals surface area contributed by atoms with Crippen molar-refractivity contribution in [3.8, 4) is 0 Å². The highest BCUT2D eigenvalue weighted by atomic mass is 16.2. The molecule has 0 aromatic heterocycles. The van der Waals surface area contributed by atoms with Gasteiger partial charge in [-0.05, 0) is 33.2 Å². The lowest BCUT2D eigenvalue weighted by Crippen LogP contribution is -2.51. The Balaban J connectivity index is 2.02. The lowest BCUT2D eigenvalue weighted by molar-refractivity contribution is -0.138. The highest BCUT2D eigenvalue weighted by Gasteiger charge is 2.49. The minimum atomic E-state index is -0.598. The smallest absolute Gasteiger partial charge is 0.255 e. The van der Waals surface area contributed by atoms with Gasteiger partial charge in [0.2, 0.25) is 5.91 Å². The Hall–Kier alpha value is -1.43. The maximum atomic E-state index is 12.8. The standard InChI is InChI=1S/C17H30N4O2/c1-4-6-7-14-19-17(16(23)21(14)5-2)9-12-20(13-10-17)15(22)8-11-18-3/h18H,4-13H2,1-3H3. The van der Waals surface area contributed by atoms with Crippen LogP contribution in [0.5, 0.6) is 0 Å². The van der Waals surface area contributed by atoms with Crippen LogP contribution in [-0.2, 0) is 9.59 Å². The largest absolute Gasteiger partial charge is 0.342 e. The van der Waals surface area contributed by atoms with Gasteiger partial charge >= 0.3 is 0 Å². The van der Waals surface area contributed by atoms with Gasteiger partial charge in [-0.2, -0.15) is 0 Å². The molecule has 2 aliphatic heterocycles. The van der Waals surface area contributed by atoms with Gasteiger partial charge in [0.15, 0.2) is 0 Å². The lowest BCUT2D eigenvalue weighted by Gasteiger charge is -2.36. The molecule has 6 nitrogen and oxygen atoms in total. The Bertz CT molecular complexity index is 467. The van der Waals surface area contributed by atoms with Crippen molar-refractivity contribution in [2.75, 3.05) is 33.2 Å². The number of hydrogen-bond acceptors (Lipinski definition) is 4.